The molecule has 0 unspecified atom stereocenters. The Labute approximate surface area is 159 Å². The van der Waals surface area contributed by atoms with Crippen molar-refractivity contribution in [3.63, 3.8) is 0 Å². The van der Waals surface area contributed by atoms with Crippen LogP contribution in [0.3, 0.4) is 0 Å². The molecule has 1 aliphatic rings. The lowest BCUT2D eigenvalue weighted by Crippen LogP contribution is -2.49. The third-order valence-corrected chi connectivity index (χ3v) is 4.67. The zero-order valence-electron chi connectivity index (χ0n) is 16.2. The Bertz CT molecular complexity index is 705. The number of nitrogens with one attached hydrogen (secondary N) is 1. The van der Waals surface area contributed by atoms with Crippen molar-refractivity contribution < 1.29 is 23.9 Å². The summed E-state index contributed by atoms with van der Waals surface area (Å²) < 4.78 is 5.13. The first kappa shape index (κ1) is 20.6. The number of hydrogen-bond acceptors (Lipinski definition) is 5. The molecule has 0 fully saturated rings. The number of imide groups is 1. The highest BCUT2D eigenvalue weighted by molar-refractivity contribution is 6.22. The molecule has 0 radical (unpaired) electrons. The highest BCUT2D eigenvalue weighted by Gasteiger charge is 2.44. The second-order valence-electron chi connectivity index (χ2n) is 6.90. The molecule has 1 atom stereocenters. The van der Waals surface area contributed by atoms with E-state index in [1.165, 1.54) is 0 Å². The summed E-state index contributed by atoms with van der Waals surface area (Å²) >= 11 is 0. The Kier molecular flexibility index (Phi) is 6.71. The Hall–Kier alpha value is -2.70. The van der Waals surface area contributed by atoms with Crippen LogP contribution in [0.1, 0.15) is 61.3 Å². The molecule has 1 aliphatic heterocycles. The lowest BCUT2D eigenvalue weighted by atomic mass is 10.0. The van der Waals surface area contributed by atoms with Gasteiger partial charge in [0.2, 0.25) is 0 Å². The Balaban J connectivity index is 2.10. The minimum absolute atomic E-state index is 0.0216. The molecule has 0 aromatic heterocycles. The summed E-state index contributed by atoms with van der Waals surface area (Å²) in [5, 5.41) is 2.78. The van der Waals surface area contributed by atoms with E-state index in [1.807, 2.05) is 13.8 Å². The van der Waals surface area contributed by atoms with Gasteiger partial charge in [0.05, 0.1) is 11.1 Å². The molecular formula is C20H26N2O5. The van der Waals surface area contributed by atoms with Crippen molar-refractivity contribution in [3.8, 4) is 0 Å². The van der Waals surface area contributed by atoms with E-state index in [9.17, 15) is 19.2 Å². The number of carbonyl (C=O) groups excluding carboxylic acids is 4. The van der Waals surface area contributed by atoms with E-state index in [2.05, 4.69) is 5.32 Å². The molecule has 1 aromatic carbocycles. The molecule has 2 rings (SSSR count). The Morgan fingerprint density at radius 1 is 1.04 bits per heavy atom. The van der Waals surface area contributed by atoms with E-state index in [0.29, 0.717) is 0 Å². The molecule has 3 amide bonds. The number of nitrogens with zero attached hydrogens (tertiary/aromatic N) is 1. The maximum absolute atomic E-state index is 12.6. The maximum Gasteiger partial charge on any atom is 0.330 e. The average Bonchev–Trinajstić information content (AvgIpc) is 2.90. The SMILES string of the molecule is CCC(CC)NC(=O)COC(=O)[C@@H](C(C)C)N1C(=O)c2ccccc2C1=O. The molecular weight excluding hydrogens is 348 g/mol. The molecule has 1 N–H and O–H groups in total. The second-order valence-corrected chi connectivity index (χ2v) is 6.90. The minimum atomic E-state index is -1.08. The topological polar surface area (TPSA) is 92.8 Å². The maximum atomic E-state index is 12.6. The summed E-state index contributed by atoms with van der Waals surface area (Å²) in [7, 11) is 0. The van der Waals surface area contributed by atoms with Gasteiger partial charge in [-0.2, -0.15) is 0 Å². The number of benzene rings is 1. The summed E-state index contributed by atoms with van der Waals surface area (Å²) in [4.78, 5) is 50.8. The van der Waals surface area contributed by atoms with Gasteiger partial charge in [-0.3, -0.25) is 19.3 Å². The summed E-state index contributed by atoms with van der Waals surface area (Å²) in [6.07, 6.45) is 1.56. The summed E-state index contributed by atoms with van der Waals surface area (Å²) in [5.74, 6) is -2.57. The monoisotopic (exact) mass is 374 g/mol. The molecule has 146 valence electrons. The van der Waals surface area contributed by atoms with Gasteiger partial charge in [0, 0.05) is 6.04 Å². The Morgan fingerprint density at radius 3 is 2.00 bits per heavy atom. The van der Waals surface area contributed by atoms with Crippen LogP contribution < -0.4 is 5.32 Å². The van der Waals surface area contributed by atoms with Gasteiger partial charge in [0.25, 0.3) is 17.7 Å². The largest absolute Gasteiger partial charge is 0.454 e. The molecule has 0 spiro atoms. The van der Waals surface area contributed by atoms with Gasteiger partial charge in [-0.1, -0.05) is 39.8 Å². The quantitative estimate of drug-likeness (QED) is 0.556. The van der Waals surface area contributed by atoms with Crippen molar-refractivity contribution in [1.82, 2.24) is 10.2 Å². The predicted octanol–water partition coefficient (Wildman–Crippen LogP) is 2.16. The van der Waals surface area contributed by atoms with E-state index in [0.717, 1.165) is 17.7 Å². The molecule has 0 saturated heterocycles. The van der Waals surface area contributed by atoms with Crippen molar-refractivity contribution in [1.29, 1.82) is 0 Å². The van der Waals surface area contributed by atoms with Crippen molar-refractivity contribution in [2.24, 2.45) is 5.92 Å². The lowest BCUT2D eigenvalue weighted by molar-refractivity contribution is -0.153. The van der Waals surface area contributed by atoms with Gasteiger partial charge >= 0.3 is 5.97 Å². The highest BCUT2D eigenvalue weighted by Crippen LogP contribution is 2.27. The molecule has 7 heteroatoms. The number of amides is 3. The molecule has 1 aromatic rings. The fraction of sp³-hybridized carbons (Fsp3) is 0.500. The molecule has 0 bridgehead atoms. The van der Waals surface area contributed by atoms with Crippen molar-refractivity contribution in [2.45, 2.75) is 52.6 Å². The van der Waals surface area contributed by atoms with Crippen LogP contribution in [0.15, 0.2) is 24.3 Å². The normalized spacial score (nSPS) is 14.5. The van der Waals surface area contributed by atoms with Crippen LogP contribution in [0, 0.1) is 5.92 Å². The van der Waals surface area contributed by atoms with Crippen LogP contribution in [-0.2, 0) is 14.3 Å². The van der Waals surface area contributed by atoms with E-state index in [1.54, 1.807) is 38.1 Å². The number of hydrogen-bond donors (Lipinski definition) is 1. The van der Waals surface area contributed by atoms with Gasteiger partial charge in [-0.15, -0.1) is 0 Å². The fourth-order valence-electron chi connectivity index (χ4n) is 3.12. The highest BCUT2D eigenvalue weighted by atomic mass is 16.5. The van der Waals surface area contributed by atoms with Crippen molar-refractivity contribution >= 4 is 23.7 Å². The zero-order chi connectivity index (χ0) is 20.1. The second kappa shape index (κ2) is 8.79. The van der Waals surface area contributed by atoms with Crippen LogP contribution in [0.4, 0.5) is 0 Å². The first-order valence-corrected chi connectivity index (χ1v) is 9.24. The Morgan fingerprint density at radius 2 is 1.56 bits per heavy atom. The molecule has 7 nitrogen and oxygen atoms in total. The van der Waals surface area contributed by atoms with Gasteiger partial charge in [-0.25, -0.2) is 4.79 Å². The standard InChI is InChI=1S/C20H26N2O5/c1-5-13(6-2)21-16(23)11-27-20(26)17(12(3)4)22-18(24)14-9-7-8-10-15(14)19(22)25/h7-10,12-13,17H,5-6,11H2,1-4H3,(H,21,23)/t17-/m1/s1. The van der Waals surface area contributed by atoms with Crippen molar-refractivity contribution in [3.05, 3.63) is 35.4 Å². The van der Waals surface area contributed by atoms with E-state index in [4.69, 9.17) is 4.74 Å². The lowest BCUT2D eigenvalue weighted by Gasteiger charge is -2.27. The van der Waals surface area contributed by atoms with E-state index >= 15 is 0 Å². The van der Waals surface area contributed by atoms with E-state index < -0.39 is 36.3 Å². The number of fused-ring (bicyclic) bond motifs is 1. The van der Waals surface area contributed by atoms with E-state index in [-0.39, 0.29) is 23.1 Å². The van der Waals surface area contributed by atoms with Gasteiger partial charge in [0.1, 0.15) is 6.04 Å². The van der Waals surface area contributed by atoms with Crippen molar-refractivity contribution in [2.75, 3.05) is 6.61 Å². The first-order valence-electron chi connectivity index (χ1n) is 9.24. The van der Waals surface area contributed by atoms with Crippen LogP contribution >= 0.6 is 0 Å². The minimum Gasteiger partial charge on any atom is -0.454 e. The smallest absolute Gasteiger partial charge is 0.330 e. The summed E-state index contributed by atoms with van der Waals surface area (Å²) in [5.41, 5.74) is 0.542. The molecule has 1 heterocycles. The number of carbonyl (C=O) groups is 4. The van der Waals surface area contributed by atoms with Crippen LogP contribution in [0.2, 0.25) is 0 Å². The van der Waals surface area contributed by atoms with Crippen LogP contribution in [0.5, 0.6) is 0 Å². The van der Waals surface area contributed by atoms with Gasteiger partial charge in [-0.05, 0) is 30.9 Å². The number of ether oxygens (including phenoxy) is 1. The third kappa shape index (κ3) is 4.35. The summed E-state index contributed by atoms with van der Waals surface area (Å²) in [6, 6.07) is 5.38. The van der Waals surface area contributed by atoms with Crippen LogP contribution in [-0.4, -0.2) is 47.3 Å². The van der Waals surface area contributed by atoms with Gasteiger partial charge < -0.3 is 10.1 Å². The molecule has 27 heavy (non-hydrogen) atoms. The fourth-order valence-corrected chi connectivity index (χ4v) is 3.12. The average molecular weight is 374 g/mol. The molecule has 0 saturated carbocycles. The number of rotatable bonds is 8. The zero-order valence-corrected chi connectivity index (χ0v) is 16.2. The third-order valence-electron chi connectivity index (χ3n) is 4.67. The predicted molar refractivity (Wildman–Crippen MR) is 99.0 cm³/mol. The summed E-state index contributed by atoms with van der Waals surface area (Å²) in [6.45, 7) is 6.91. The van der Waals surface area contributed by atoms with Crippen LogP contribution in [0.25, 0.3) is 0 Å². The molecule has 0 aliphatic carbocycles. The first-order chi connectivity index (χ1) is 12.8. The van der Waals surface area contributed by atoms with Gasteiger partial charge in [0.15, 0.2) is 6.61 Å². The number of esters is 1.